The van der Waals surface area contributed by atoms with Crippen molar-refractivity contribution in [3.8, 4) is 11.5 Å². The smallest absolute Gasteiger partial charge is 0.321 e. The molecule has 2 N–H and O–H groups in total. The van der Waals surface area contributed by atoms with Crippen LogP contribution in [0.25, 0.3) is 11.5 Å². The van der Waals surface area contributed by atoms with Crippen LogP contribution in [-0.2, 0) is 4.79 Å². The van der Waals surface area contributed by atoms with Gasteiger partial charge < -0.3 is 20.0 Å². The summed E-state index contributed by atoms with van der Waals surface area (Å²) in [5.41, 5.74) is 2.11. The quantitative estimate of drug-likeness (QED) is 0.707. The summed E-state index contributed by atoms with van der Waals surface area (Å²) in [6, 6.07) is 16.3. The maximum absolute atomic E-state index is 12.7. The van der Waals surface area contributed by atoms with Crippen molar-refractivity contribution in [2.24, 2.45) is 5.92 Å². The lowest BCUT2D eigenvalue weighted by Gasteiger charge is -2.32. The monoisotopic (exact) mass is 391 g/mol. The number of benzene rings is 2. The molecule has 0 bridgehead atoms. The zero-order chi connectivity index (χ0) is 20.1. The van der Waals surface area contributed by atoms with Gasteiger partial charge in [-0.25, -0.2) is 4.79 Å². The number of carbonyl (C=O) groups excluding carboxylic acids is 2. The van der Waals surface area contributed by atoms with E-state index in [0.717, 1.165) is 24.1 Å². The second-order valence-electron chi connectivity index (χ2n) is 6.90. The summed E-state index contributed by atoms with van der Waals surface area (Å²) in [5, 5.41) is 13.4. The highest BCUT2D eigenvalue weighted by Gasteiger charge is 2.28. The largest absolute Gasteiger partial charge is 0.423 e. The number of anilines is 2. The van der Waals surface area contributed by atoms with Gasteiger partial charge in [0.25, 0.3) is 0 Å². The van der Waals surface area contributed by atoms with Gasteiger partial charge in [0.05, 0.1) is 5.92 Å². The molecule has 4 rings (SSSR count). The van der Waals surface area contributed by atoms with Crippen molar-refractivity contribution in [1.82, 2.24) is 15.1 Å². The summed E-state index contributed by atoms with van der Waals surface area (Å²) >= 11 is 0. The van der Waals surface area contributed by atoms with Crippen LogP contribution in [0.5, 0.6) is 0 Å². The van der Waals surface area contributed by atoms with Crippen molar-refractivity contribution in [2.75, 3.05) is 23.7 Å². The number of amides is 3. The molecule has 0 radical (unpaired) electrons. The summed E-state index contributed by atoms with van der Waals surface area (Å²) in [6.07, 6.45) is 2.80. The number of hydrogen-bond donors (Lipinski definition) is 2. The third-order valence-electron chi connectivity index (χ3n) is 4.84. The van der Waals surface area contributed by atoms with Crippen molar-refractivity contribution in [3.05, 3.63) is 61.0 Å². The van der Waals surface area contributed by atoms with Crippen LogP contribution in [0.3, 0.4) is 0 Å². The zero-order valence-electron chi connectivity index (χ0n) is 15.7. The first kappa shape index (κ1) is 18.7. The first-order valence-corrected chi connectivity index (χ1v) is 9.47. The van der Waals surface area contributed by atoms with Crippen LogP contribution < -0.4 is 10.6 Å². The molecule has 148 valence electrons. The minimum absolute atomic E-state index is 0.0629. The molecule has 0 unspecified atom stereocenters. The van der Waals surface area contributed by atoms with E-state index >= 15 is 0 Å². The fourth-order valence-corrected chi connectivity index (χ4v) is 3.37. The van der Waals surface area contributed by atoms with E-state index in [1.807, 2.05) is 42.5 Å². The molecule has 1 fully saturated rings. The highest BCUT2D eigenvalue weighted by atomic mass is 16.4. The normalized spacial score (nSPS) is 16.3. The lowest BCUT2D eigenvalue weighted by molar-refractivity contribution is -0.121. The highest BCUT2D eigenvalue weighted by Crippen LogP contribution is 2.22. The van der Waals surface area contributed by atoms with Crippen LogP contribution in [0.1, 0.15) is 12.8 Å². The fourth-order valence-electron chi connectivity index (χ4n) is 3.37. The number of nitrogens with zero attached hydrogens (tertiary/aromatic N) is 3. The number of carbonyl (C=O) groups is 2. The molecule has 1 aliphatic rings. The highest BCUT2D eigenvalue weighted by molar-refractivity contribution is 5.94. The first-order chi connectivity index (χ1) is 14.2. The molecule has 2 aromatic carbocycles. The first-order valence-electron chi connectivity index (χ1n) is 9.47. The molecule has 0 spiro atoms. The van der Waals surface area contributed by atoms with Gasteiger partial charge in [0.1, 0.15) is 0 Å². The average molecular weight is 391 g/mol. The molecular formula is C21H21N5O3. The Morgan fingerprint density at radius 1 is 1.03 bits per heavy atom. The molecule has 1 atom stereocenters. The van der Waals surface area contributed by atoms with E-state index in [1.54, 1.807) is 17.0 Å². The Hall–Kier alpha value is -3.68. The van der Waals surface area contributed by atoms with E-state index in [9.17, 15) is 9.59 Å². The van der Waals surface area contributed by atoms with Gasteiger partial charge in [0.15, 0.2) is 0 Å². The van der Waals surface area contributed by atoms with Gasteiger partial charge in [-0.2, -0.15) is 0 Å². The van der Waals surface area contributed by atoms with Crippen molar-refractivity contribution in [1.29, 1.82) is 0 Å². The van der Waals surface area contributed by atoms with E-state index < -0.39 is 0 Å². The molecule has 29 heavy (non-hydrogen) atoms. The molecule has 1 aliphatic heterocycles. The Morgan fingerprint density at radius 2 is 1.86 bits per heavy atom. The van der Waals surface area contributed by atoms with Crippen molar-refractivity contribution < 1.29 is 14.0 Å². The van der Waals surface area contributed by atoms with E-state index in [0.29, 0.717) is 24.7 Å². The van der Waals surface area contributed by atoms with E-state index in [1.165, 1.54) is 6.39 Å². The third-order valence-corrected chi connectivity index (χ3v) is 4.84. The van der Waals surface area contributed by atoms with Gasteiger partial charge in [-0.05, 0) is 43.2 Å². The molecule has 8 nitrogen and oxygen atoms in total. The third kappa shape index (κ3) is 4.60. The van der Waals surface area contributed by atoms with Crippen LogP contribution in [0.4, 0.5) is 16.2 Å². The Kier molecular flexibility index (Phi) is 5.51. The Labute approximate surface area is 167 Å². The van der Waals surface area contributed by atoms with Gasteiger partial charge in [0.2, 0.25) is 18.2 Å². The minimum Gasteiger partial charge on any atom is -0.423 e. The molecule has 0 saturated carbocycles. The van der Waals surface area contributed by atoms with Crippen LogP contribution in [0, 0.1) is 5.92 Å². The van der Waals surface area contributed by atoms with Crippen LogP contribution in [0.2, 0.25) is 0 Å². The van der Waals surface area contributed by atoms with Crippen molar-refractivity contribution in [2.45, 2.75) is 12.8 Å². The van der Waals surface area contributed by atoms with E-state index in [-0.39, 0.29) is 17.9 Å². The number of hydrogen-bond acceptors (Lipinski definition) is 5. The molecule has 2 heterocycles. The predicted molar refractivity (Wildman–Crippen MR) is 108 cm³/mol. The second-order valence-corrected chi connectivity index (χ2v) is 6.90. The summed E-state index contributed by atoms with van der Waals surface area (Å²) in [6.45, 7) is 0.998. The molecule has 0 aliphatic carbocycles. The molecular weight excluding hydrogens is 370 g/mol. The maximum Gasteiger partial charge on any atom is 0.321 e. The van der Waals surface area contributed by atoms with Crippen LogP contribution in [0.15, 0.2) is 65.4 Å². The molecule has 1 aromatic heterocycles. The number of para-hydroxylation sites is 1. The maximum atomic E-state index is 12.7. The summed E-state index contributed by atoms with van der Waals surface area (Å²) < 4.78 is 5.20. The summed E-state index contributed by atoms with van der Waals surface area (Å²) in [4.78, 5) is 27.0. The minimum atomic E-state index is -0.237. The zero-order valence-corrected chi connectivity index (χ0v) is 15.7. The topological polar surface area (TPSA) is 100 Å². The average Bonchev–Trinajstić information content (AvgIpc) is 3.30. The van der Waals surface area contributed by atoms with Crippen LogP contribution >= 0.6 is 0 Å². The van der Waals surface area contributed by atoms with Crippen LogP contribution in [-0.4, -0.2) is 40.1 Å². The predicted octanol–water partition coefficient (Wildman–Crippen LogP) is 3.62. The molecule has 1 saturated heterocycles. The Morgan fingerprint density at radius 3 is 2.66 bits per heavy atom. The van der Waals surface area contributed by atoms with Crippen molar-refractivity contribution >= 4 is 23.3 Å². The molecule has 3 aromatic rings. The molecule has 8 heteroatoms. The summed E-state index contributed by atoms with van der Waals surface area (Å²) in [5.74, 6) is 0.0863. The number of piperidine rings is 1. The van der Waals surface area contributed by atoms with Gasteiger partial charge >= 0.3 is 6.03 Å². The number of likely N-dealkylation sites (tertiary alicyclic amines) is 1. The second kappa shape index (κ2) is 8.55. The Bertz CT molecular complexity index is 975. The molecule has 3 amide bonds. The van der Waals surface area contributed by atoms with Crippen molar-refractivity contribution in [3.63, 3.8) is 0 Å². The fraction of sp³-hybridized carbons (Fsp3) is 0.238. The van der Waals surface area contributed by atoms with E-state index in [2.05, 4.69) is 20.8 Å². The number of nitrogens with one attached hydrogen (secondary N) is 2. The number of rotatable bonds is 4. The lowest BCUT2D eigenvalue weighted by atomic mass is 9.97. The lowest BCUT2D eigenvalue weighted by Crippen LogP contribution is -2.45. The van der Waals surface area contributed by atoms with Gasteiger partial charge in [-0.1, -0.05) is 24.3 Å². The van der Waals surface area contributed by atoms with Gasteiger partial charge in [-0.15, -0.1) is 10.2 Å². The SMILES string of the molecule is O=C(Nc1ccccc1)[C@H]1CCCN(C(=O)Nc2cccc(-c3nnco3)c2)C1. The van der Waals surface area contributed by atoms with Gasteiger partial charge in [0, 0.05) is 30.0 Å². The van der Waals surface area contributed by atoms with Gasteiger partial charge in [-0.3, -0.25) is 4.79 Å². The standard InChI is InChI=1S/C21H21N5O3/c27-19(23-17-8-2-1-3-9-17)16-7-5-11-26(13-16)21(28)24-18-10-4-6-15(12-18)20-25-22-14-29-20/h1-4,6,8-10,12,14,16H,5,7,11,13H2,(H,23,27)(H,24,28)/t16-/m0/s1. The number of urea groups is 1. The summed E-state index contributed by atoms with van der Waals surface area (Å²) in [7, 11) is 0. The van der Waals surface area contributed by atoms with E-state index in [4.69, 9.17) is 4.42 Å². The number of aromatic nitrogens is 2. The Balaban J connectivity index is 1.37.